The van der Waals surface area contributed by atoms with Crippen molar-refractivity contribution in [1.29, 1.82) is 0 Å². The minimum atomic E-state index is 0.585. The lowest BCUT2D eigenvalue weighted by Crippen LogP contribution is -2.25. The fourth-order valence-electron chi connectivity index (χ4n) is 1.66. The highest BCUT2D eigenvalue weighted by Gasteiger charge is 2.03. The predicted octanol–water partition coefficient (Wildman–Crippen LogP) is 3.65. The van der Waals surface area contributed by atoms with Crippen molar-refractivity contribution >= 4 is 0 Å². The molecule has 1 N–H and O–H groups in total. The Labute approximate surface area is 93.1 Å². The van der Waals surface area contributed by atoms with Crippen LogP contribution in [-0.4, -0.2) is 6.04 Å². The molecule has 0 saturated heterocycles. The van der Waals surface area contributed by atoms with E-state index < -0.39 is 0 Å². The van der Waals surface area contributed by atoms with Crippen LogP contribution >= 0.6 is 0 Å². The van der Waals surface area contributed by atoms with Gasteiger partial charge in [0.15, 0.2) is 0 Å². The van der Waals surface area contributed by atoms with Gasteiger partial charge in [-0.15, -0.1) is 0 Å². The molecule has 1 aromatic rings. The predicted molar refractivity (Wildman–Crippen MR) is 63.9 cm³/mol. The number of nitrogens with one attached hydrogen (secondary N) is 1. The number of aryl methyl sites for hydroxylation is 1. The number of furan rings is 1. The summed E-state index contributed by atoms with van der Waals surface area (Å²) in [5, 5.41) is 3.48. The summed E-state index contributed by atoms with van der Waals surface area (Å²) < 4.78 is 5.50. The maximum absolute atomic E-state index is 5.50. The number of hydrogen-bond acceptors (Lipinski definition) is 2. The first-order valence-corrected chi connectivity index (χ1v) is 6.01. The van der Waals surface area contributed by atoms with E-state index in [9.17, 15) is 0 Å². The van der Waals surface area contributed by atoms with Crippen LogP contribution in [0, 0.1) is 6.92 Å². The average Bonchev–Trinajstić information content (AvgIpc) is 2.62. The average molecular weight is 209 g/mol. The third-order valence-corrected chi connectivity index (χ3v) is 2.66. The molecule has 0 aliphatic carbocycles. The van der Waals surface area contributed by atoms with Gasteiger partial charge in [0.1, 0.15) is 11.5 Å². The lowest BCUT2D eigenvalue weighted by molar-refractivity contribution is 0.424. The Bertz CT molecular complexity index is 267. The Hall–Kier alpha value is -0.760. The molecule has 0 amide bonds. The Morgan fingerprint density at radius 2 is 2.13 bits per heavy atom. The first-order chi connectivity index (χ1) is 7.22. The minimum absolute atomic E-state index is 0.585. The largest absolute Gasteiger partial charge is 0.465 e. The summed E-state index contributed by atoms with van der Waals surface area (Å²) in [6, 6.07) is 4.64. The summed E-state index contributed by atoms with van der Waals surface area (Å²) >= 11 is 0. The van der Waals surface area contributed by atoms with E-state index in [1.165, 1.54) is 25.7 Å². The van der Waals surface area contributed by atoms with Crippen molar-refractivity contribution in [1.82, 2.24) is 5.32 Å². The summed E-state index contributed by atoms with van der Waals surface area (Å²) in [5.74, 6) is 2.03. The highest BCUT2D eigenvalue weighted by atomic mass is 16.3. The van der Waals surface area contributed by atoms with E-state index in [0.29, 0.717) is 6.04 Å². The van der Waals surface area contributed by atoms with Crippen molar-refractivity contribution in [2.24, 2.45) is 0 Å². The van der Waals surface area contributed by atoms with Crippen LogP contribution in [0.3, 0.4) is 0 Å². The Kier molecular flexibility index (Phi) is 5.48. The van der Waals surface area contributed by atoms with Crippen molar-refractivity contribution in [2.45, 2.75) is 59.0 Å². The molecule has 0 aromatic carbocycles. The van der Waals surface area contributed by atoms with Crippen LogP contribution in [0.2, 0.25) is 0 Å². The van der Waals surface area contributed by atoms with Crippen molar-refractivity contribution < 1.29 is 4.42 Å². The van der Waals surface area contributed by atoms with Gasteiger partial charge in [0.05, 0.1) is 6.54 Å². The van der Waals surface area contributed by atoms with E-state index in [2.05, 4.69) is 19.2 Å². The third-order valence-electron chi connectivity index (χ3n) is 2.66. The van der Waals surface area contributed by atoms with E-state index in [0.717, 1.165) is 18.1 Å². The third kappa shape index (κ3) is 5.03. The van der Waals surface area contributed by atoms with Gasteiger partial charge in [0.2, 0.25) is 0 Å². The quantitative estimate of drug-likeness (QED) is 0.693. The van der Waals surface area contributed by atoms with Gasteiger partial charge < -0.3 is 9.73 Å². The smallest absolute Gasteiger partial charge is 0.117 e. The summed E-state index contributed by atoms with van der Waals surface area (Å²) in [5.41, 5.74) is 0. The molecule has 0 bridgehead atoms. The first kappa shape index (κ1) is 12.3. The van der Waals surface area contributed by atoms with Gasteiger partial charge in [-0.3, -0.25) is 0 Å². The van der Waals surface area contributed by atoms with Crippen molar-refractivity contribution in [3.05, 3.63) is 23.7 Å². The lowest BCUT2D eigenvalue weighted by Gasteiger charge is -2.12. The molecule has 0 aliphatic heterocycles. The van der Waals surface area contributed by atoms with Crippen LogP contribution in [0.1, 0.15) is 51.1 Å². The van der Waals surface area contributed by atoms with Gasteiger partial charge >= 0.3 is 0 Å². The Balaban J connectivity index is 2.13. The SMILES string of the molecule is CCCCCC(C)NCc1ccc(C)o1. The van der Waals surface area contributed by atoms with Gasteiger partial charge in [0.25, 0.3) is 0 Å². The zero-order valence-electron chi connectivity index (χ0n) is 10.2. The molecule has 1 heterocycles. The molecule has 1 unspecified atom stereocenters. The van der Waals surface area contributed by atoms with Crippen LogP contribution in [-0.2, 0) is 6.54 Å². The molecule has 86 valence electrons. The zero-order valence-corrected chi connectivity index (χ0v) is 10.2. The second-order valence-corrected chi connectivity index (χ2v) is 4.29. The van der Waals surface area contributed by atoms with Crippen LogP contribution < -0.4 is 5.32 Å². The molecule has 1 rings (SSSR count). The molecule has 0 spiro atoms. The van der Waals surface area contributed by atoms with Crippen LogP contribution in [0.5, 0.6) is 0 Å². The zero-order chi connectivity index (χ0) is 11.1. The molecule has 2 heteroatoms. The van der Waals surface area contributed by atoms with Crippen molar-refractivity contribution in [3.63, 3.8) is 0 Å². The number of rotatable bonds is 7. The summed E-state index contributed by atoms with van der Waals surface area (Å²) in [6.07, 6.45) is 5.21. The second-order valence-electron chi connectivity index (χ2n) is 4.29. The van der Waals surface area contributed by atoms with Gasteiger partial charge in [0, 0.05) is 6.04 Å². The summed E-state index contributed by atoms with van der Waals surface area (Å²) in [7, 11) is 0. The number of hydrogen-bond donors (Lipinski definition) is 1. The van der Waals surface area contributed by atoms with E-state index in [1.54, 1.807) is 0 Å². The molecule has 2 nitrogen and oxygen atoms in total. The van der Waals surface area contributed by atoms with Gasteiger partial charge in [-0.25, -0.2) is 0 Å². The first-order valence-electron chi connectivity index (χ1n) is 6.01. The highest BCUT2D eigenvalue weighted by Crippen LogP contribution is 2.07. The molecule has 0 radical (unpaired) electrons. The fraction of sp³-hybridized carbons (Fsp3) is 0.692. The molecule has 0 fully saturated rings. The second kappa shape index (κ2) is 6.67. The summed E-state index contributed by atoms with van der Waals surface area (Å²) in [6.45, 7) is 7.31. The highest BCUT2D eigenvalue weighted by molar-refractivity contribution is 5.05. The van der Waals surface area contributed by atoms with Crippen LogP contribution in [0.15, 0.2) is 16.5 Å². The standard InChI is InChI=1S/C13H23NO/c1-4-5-6-7-11(2)14-10-13-9-8-12(3)15-13/h8-9,11,14H,4-7,10H2,1-3H3. The van der Waals surface area contributed by atoms with Gasteiger partial charge in [-0.05, 0) is 32.4 Å². The monoisotopic (exact) mass is 209 g/mol. The van der Waals surface area contributed by atoms with Crippen molar-refractivity contribution in [3.8, 4) is 0 Å². The Morgan fingerprint density at radius 1 is 1.33 bits per heavy atom. The maximum Gasteiger partial charge on any atom is 0.117 e. The molecule has 1 atom stereocenters. The van der Waals surface area contributed by atoms with E-state index >= 15 is 0 Å². The van der Waals surface area contributed by atoms with E-state index in [1.807, 2.05) is 19.1 Å². The van der Waals surface area contributed by atoms with E-state index in [4.69, 9.17) is 4.42 Å². The topological polar surface area (TPSA) is 25.2 Å². The van der Waals surface area contributed by atoms with Gasteiger partial charge in [-0.2, -0.15) is 0 Å². The number of unbranched alkanes of at least 4 members (excludes halogenated alkanes) is 2. The van der Waals surface area contributed by atoms with E-state index in [-0.39, 0.29) is 0 Å². The lowest BCUT2D eigenvalue weighted by atomic mass is 10.1. The van der Waals surface area contributed by atoms with Crippen molar-refractivity contribution in [2.75, 3.05) is 0 Å². The van der Waals surface area contributed by atoms with Crippen LogP contribution in [0.25, 0.3) is 0 Å². The molecule has 0 saturated carbocycles. The normalized spacial score (nSPS) is 13.0. The molecular formula is C13H23NO. The molecule has 0 aliphatic rings. The van der Waals surface area contributed by atoms with Gasteiger partial charge in [-0.1, -0.05) is 26.2 Å². The molecule has 15 heavy (non-hydrogen) atoms. The Morgan fingerprint density at radius 3 is 2.73 bits per heavy atom. The fourth-order valence-corrected chi connectivity index (χ4v) is 1.66. The molecular weight excluding hydrogens is 186 g/mol. The van der Waals surface area contributed by atoms with Crippen LogP contribution in [0.4, 0.5) is 0 Å². The molecule has 1 aromatic heterocycles. The summed E-state index contributed by atoms with van der Waals surface area (Å²) in [4.78, 5) is 0. The minimum Gasteiger partial charge on any atom is -0.465 e. The maximum atomic E-state index is 5.50.